The van der Waals surface area contributed by atoms with Crippen molar-refractivity contribution in [1.29, 1.82) is 0 Å². The van der Waals surface area contributed by atoms with E-state index in [-0.39, 0.29) is 43.1 Å². The first-order valence-electron chi connectivity index (χ1n) is 6.66. The van der Waals surface area contributed by atoms with Gasteiger partial charge in [-0.2, -0.15) is 0 Å². The number of morpholine rings is 1. The van der Waals surface area contributed by atoms with Gasteiger partial charge in [-0.3, -0.25) is 4.79 Å². The van der Waals surface area contributed by atoms with Crippen LogP contribution < -0.4 is 10.6 Å². The van der Waals surface area contributed by atoms with Crippen LogP contribution in [0.3, 0.4) is 0 Å². The molecule has 21 heavy (non-hydrogen) atoms. The molecule has 1 aliphatic rings. The lowest BCUT2D eigenvalue weighted by atomic mass is 10.1. The van der Waals surface area contributed by atoms with Crippen LogP contribution in [0.1, 0.15) is 17.5 Å². The lowest BCUT2D eigenvalue weighted by Gasteiger charge is -2.23. The Hall–Kier alpha value is -1.21. The minimum atomic E-state index is -0.459. The van der Waals surface area contributed by atoms with Crippen molar-refractivity contribution in [1.82, 2.24) is 10.6 Å². The van der Waals surface area contributed by atoms with Gasteiger partial charge >= 0.3 is 0 Å². The van der Waals surface area contributed by atoms with E-state index >= 15 is 0 Å². The maximum atomic E-state index is 13.4. The van der Waals surface area contributed by atoms with Gasteiger partial charge in [0.15, 0.2) is 0 Å². The molecule has 1 saturated heterocycles. The zero-order valence-electron chi connectivity index (χ0n) is 11.6. The zero-order chi connectivity index (χ0) is 14.4. The molecular formula is C14H20ClFN2O3. The van der Waals surface area contributed by atoms with Gasteiger partial charge in [0, 0.05) is 25.2 Å². The van der Waals surface area contributed by atoms with Crippen LogP contribution in [-0.2, 0) is 22.7 Å². The van der Waals surface area contributed by atoms with E-state index < -0.39 is 5.82 Å². The minimum absolute atomic E-state index is 0. The number of halogens is 2. The molecule has 1 aromatic rings. The standard InChI is InChI=1S/C14H19FN2O3.ClH/c15-13-5-10(1-2-11(13)9-18)7-17-14(19)6-12-8-16-3-4-20-12;/h1-2,5,12,16,18H,3-4,6-9H2,(H,17,19);1H. The van der Waals surface area contributed by atoms with Crippen molar-refractivity contribution >= 4 is 18.3 Å². The summed E-state index contributed by atoms with van der Waals surface area (Å²) in [6.45, 7) is 2.04. The predicted octanol–water partition coefficient (Wildman–Crippen LogP) is 0.734. The van der Waals surface area contributed by atoms with Crippen molar-refractivity contribution in [2.24, 2.45) is 0 Å². The molecule has 1 unspecified atom stereocenters. The summed E-state index contributed by atoms with van der Waals surface area (Å²) in [6.07, 6.45) is 0.196. The topological polar surface area (TPSA) is 70.6 Å². The summed E-state index contributed by atoms with van der Waals surface area (Å²) < 4.78 is 18.9. The average Bonchev–Trinajstić information content (AvgIpc) is 2.46. The summed E-state index contributed by atoms with van der Waals surface area (Å²) in [5.41, 5.74) is 0.914. The Morgan fingerprint density at radius 1 is 1.52 bits per heavy atom. The summed E-state index contributed by atoms with van der Waals surface area (Å²) in [5.74, 6) is -0.579. The third-order valence-electron chi connectivity index (χ3n) is 3.19. The van der Waals surface area contributed by atoms with E-state index in [0.29, 0.717) is 25.1 Å². The Kier molecular flexibility index (Phi) is 7.60. The van der Waals surface area contributed by atoms with Crippen LogP contribution in [0.2, 0.25) is 0 Å². The van der Waals surface area contributed by atoms with Gasteiger partial charge in [0.25, 0.3) is 0 Å². The molecule has 5 nitrogen and oxygen atoms in total. The molecule has 0 radical (unpaired) electrons. The fourth-order valence-corrected chi connectivity index (χ4v) is 2.06. The van der Waals surface area contributed by atoms with Gasteiger partial charge < -0.3 is 20.5 Å². The van der Waals surface area contributed by atoms with Crippen molar-refractivity contribution in [3.63, 3.8) is 0 Å². The smallest absolute Gasteiger partial charge is 0.222 e. The van der Waals surface area contributed by atoms with Crippen LogP contribution in [0, 0.1) is 5.82 Å². The number of amides is 1. The highest BCUT2D eigenvalue weighted by molar-refractivity contribution is 5.85. The summed E-state index contributed by atoms with van der Waals surface area (Å²) in [5, 5.41) is 14.8. The Bertz CT molecular complexity index is 468. The first-order chi connectivity index (χ1) is 9.69. The van der Waals surface area contributed by atoms with Gasteiger partial charge in [0.1, 0.15) is 5.82 Å². The van der Waals surface area contributed by atoms with Crippen LogP contribution in [0.15, 0.2) is 18.2 Å². The van der Waals surface area contributed by atoms with Gasteiger partial charge in [0.05, 0.1) is 25.7 Å². The fourth-order valence-electron chi connectivity index (χ4n) is 2.06. The number of benzene rings is 1. The lowest BCUT2D eigenvalue weighted by Crippen LogP contribution is -2.41. The van der Waals surface area contributed by atoms with Crippen LogP contribution >= 0.6 is 12.4 Å². The van der Waals surface area contributed by atoms with E-state index in [4.69, 9.17) is 9.84 Å². The quantitative estimate of drug-likeness (QED) is 0.749. The van der Waals surface area contributed by atoms with Crippen molar-refractivity contribution in [3.8, 4) is 0 Å². The number of aliphatic hydroxyl groups excluding tert-OH is 1. The molecular weight excluding hydrogens is 299 g/mol. The molecule has 7 heteroatoms. The summed E-state index contributed by atoms with van der Waals surface area (Å²) >= 11 is 0. The van der Waals surface area contributed by atoms with Crippen LogP contribution in [0.5, 0.6) is 0 Å². The number of carbonyl (C=O) groups is 1. The monoisotopic (exact) mass is 318 g/mol. The predicted molar refractivity (Wildman–Crippen MR) is 78.6 cm³/mol. The Morgan fingerprint density at radius 3 is 2.95 bits per heavy atom. The van der Waals surface area contributed by atoms with E-state index in [9.17, 15) is 9.18 Å². The molecule has 0 spiro atoms. The second kappa shape index (κ2) is 8.94. The molecule has 0 aliphatic carbocycles. The molecule has 1 aliphatic heterocycles. The molecule has 1 amide bonds. The average molecular weight is 319 g/mol. The van der Waals surface area contributed by atoms with Crippen molar-refractivity contribution < 1.29 is 19.0 Å². The maximum absolute atomic E-state index is 13.4. The molecule has 1 fully saturated rings. The van der Waals surface area contributed by atoms with E-state index in [2.05, 4.69) is 10.6 Å². The molecule has 118 valence electrons. The Morgan fingerprint density at radius 2 is 2.33 bits per heavy atom. The van der Waals surface area contributed by atoms with Crippen LogP contribution in [0.4, 0.5) is 4.39 Å². The second-order valence-corrected chi connectivity index (χ2v) is 4.76. The van der Waals surface area contributed by atoms with Gasteiger partial charge in [0.2, 0.25) is 5.91 Å². The second-order valence-electron chi connectivity index (χ2n) is 4.76. The summed E-state index contributed by atoms with van der Waals surface area (Å²) in [4.78, 5) is 11.7. The van der Waals surface area contributed by atoms with Gasteiger partial charge in [-0.15, -0.1) is 12.4 Å². The molecule has 1 heterocycles. The fraction of sp³-hybridized carbons (Fsp3) is 0.500. The van der Waals surface area contributed by atoms with Crippen molar-refractivity contribution in [2.75, 3.05) is 19.7 Å². The highest BCUT2D eigenvalue weighted by Crippen LogP contribution is 2.10. The molecule has 1 atom stereocenters. The van der Waals surface area contributed by atoms with Gasteiger partial charge in [-0.25, -0.2) is 4.39 Å². The first kappa shape index (κ1) is 17.8. The highest BCUT2D eigenvalue weighted by atomic mass is 35.5. The van der Waals surface area contributed by atoms with E-state index in [1.165, 1.54) is 12.1 Å². The zero-order valence-corrected chi connectivity index (χ0v) is 12.4. The largest absolute Gasteiger partial charge is 0.392 e. The molecule has 0 aromatic heterocycles. The molecule has 2 rings (SSSR count). The van der Waals surface area contributed by atoms with E-state index in [1.54, 1.807) is 6.07 Å². The molecule has 1 aromatic carbocycles. The van der Waals surface area contributed by atoms with Gasteiger partial charge in [-0.05, 0) is 11.6 Å². The minimum Gasteiger partial charge on any atom is -0.392 e. The number of hydrogen-bond acceptors (Lipinski definition) is 4. The number of hydrogen-bond donors (Lipinski definition) is 3. The summed E-state index contributed by atoms with van der Waals surface area (Å²) in [6, 6.07) is 4.53. The molecule has 0 bridgehead atoms. The molecule has 3 N–H and O–H groups in total. The lowest BCUT2D eigenvalue weighted by molar-refractivity contribution is -0.124. The Labute approximate surface area is 129 Å². The number of nitrogens with one attached hydrogen (secondary N) is 2. The number of rotatable bonds is 5. The normalized spacial score (nSPS) is 17.9. The first-order valence-corrected chi connectivity index (χ1v) is 6.66. The van der Waals surface area contributed by atoms with E-state index in [1.807, 2.05) is 0 Å². The Balaban J connectivity index is 0.00000220. The SMILES string of the molecule is Cl.O=C(CC1CNCCO1)NCc1ccc(CO)c(F)c1. The number of carbonyl (C=O) groups excluding carboxylic acids is 1. The van der Waals surface area contributed by atoms with Crippen molar-refractivity contribution in [3.05, 3.63) is 35.1 Å². The maximum Gasteiger partial charge on any atom is 0.222 e. The summed E-state index contributed by atoms with van der Waals surface area (Å²) in [7, 11) is 0. The van der Waals surface area contributed by atoms with Crippen LogP contribution in [-0.4, -0.2) is 36.8 Å². The molecule has 0 saturated carbocycles. The highest BCUT2D eigenvalue weighted by Gasteiger charge is 2.17. The van der Waals surface area contributed by atoms with E-state index in [0.717, 1.165) is 6.54 Å². The van der Waals surface area contributed by atoms with Crippen molar-refractivity contribution in [2.45, 2.75) is 25.7 Å². The number of ether oxygens (including phenoxy) is 1. The van der Waals surface area contributed by atoms with Crippen LogP contribution in [0.25, 0.3) is 0 Å². The van der Waals surface area contributed by atoms with Gasteiger partial charge in [-0.1, -0.05) is 12.1 Å². The number of aliphatic hydroxyl groups is 1. The third-order valence-corrected chi connectivity index (χ3v) is 3.19. The third kappa shape index (κ3) is 5.59.